The van der Waals surface area contributed by atoms with Crippen molar-refractivity contribution in [2.24, 2.45) is 5.92 Å². The number of ether oxygens (including phenoxy) is 6. The van der Waals surface area contributed by atoms with E-state index >= 15 is 0 Å². The number of rotatable bonds is 4. The van der Waals surface area contributed by atoms with Gasteiger partial charge in [-0.3, -0.25) is 0 Å². The van der Waals surface area contributed by atoms with Gasteiger partial charge in [0.1, 0.15) is 5.75 Å². The molecule has 7 nitrogen and oxygen atoms in total. The van der Waals surface area contributed by atoms with Gasteiger partial charge in [0.15, 0.2) is 23.0 Å². The van der Waals surface area contributed by atoms with Crippen LogP contribution in [-0.4, -0.2) is 39.5 Å². The van der Waals surface area contributed by atoms with Crippen LogP contribution in [0.1, 0.15) is 24.0 Å². The first-order valence-corrected chi connectivity index (χ1v) is 8.65. The Hall–Kier alpha value is -2.80. The SMILES string of the molecule is COc1cc([C@H]2c3cc4c(cc3O[C@@H](O)[C@@H]2C)OCO4)cc(OC)c1OC. The van der Waals surface area contributed by atoms with Gasteiger partial charge < -0.3 is 33.5 Å². The van der Waals surface area contributed by atoms with Gasteiger partial charge in [-0.05, 0) is 23.8 Å². The number of aliphatic hydroxyl groups excluding tert-OH is 1. The van der Waals surface area contributed by atoms with Crippen molar-refractivity contribution in [2.75, 3.05) is 28.1 Å². The number of hydrogen-bond donors (Lipinski definition) is 1. The normalized spacial score (nSPS) is 22.6. The molecule has 7 heteroatoms. The number of methoxy groups -OCH3 is 3. The van der Waals surface area contributed by atoms with Crippen molar-refractivity contribution in [3.8, 4) is 34.5 Å². The van der Waals surface area contributed by atoms with Crippen LogP contribution in [0.5, 0.6) is 34.5 Å². The molecule has 0 radical (unpaired) electrons. The van der Waals surface area contributed by atoms with E-state index in [1.807, 2.05) is 25.1 Å². The average molecular weight is 374 g/mol. The van der Waals surface area contributed by atoms with Crippen molar-refractivity contribution in [1.82, 2.24) is 0 Å². The maximum Gasteiger partial charge on any atom is 0.231 e. The fourth-order valence-corrected chi connectivity index (χ4v) is 3.73. The molecule has 0 amide bonds. The van der Waals surface area contributed by atoms with Crippen LogP contribution in [0.3, 0.4) is 0 Å². The molecule has 0 spiro atoms. The predicted molar refractivity (Wildman–Crippen MR) is 96.3 cm³/mol. The van der Waals surface area contributed by atoms with Gasteiger partial charge in [0.05, 0.1) is 21.3 Å². The highest BCUT2D eigenvalue weighted by Gasteiger charge is 2.38. The zero-order valence-electron chi connectivity index (χ0n) is 15.6. The molecule has 0 aromatic heterocycles. The molecule has 27 heavy (non-hydrogen) atoms. The molecule has 2 aliphatic rings. The summed E-state index contributed by atoms with van der Waals surface area (Å²) >= 11 is 0. The fourth-order valence-electron chi connectivity index (χ4n) is 3.73. The van der Waals surface area contributed by atoms with E-state index in [4.69, 9.17) is 28.4 Å². The van der Waals surface area contributed by atoms with Crippen LogP contribution in [0, 0.1) is 5.92 Å². The second kappa shape index (κ2) is 6.74. The Morgan fingerprint density at radius 2 is 1.52 bits per heavy atom. The number of benzene rings is 2. The molecule has 2 heterocycles. The highest BCUT2D eigenvalue weighted by molar-refractivity contribution is 5.59. The van der Waals surface area contributed by atoms with E-state index in [2.05, 4.69) is 0 Å². The van der Waals surface area contributed by atoms with E-state index in [9.17, 15) is 5.11 Å². The minimum Gasteiger partial charge on any atom is -0.493 e. The zero-order chi connectivity index (χ0) is 19.1. The summed E-state index contributed by atoms with van der Waals surface area (Å²) < 4.78 is 33.1. The Morgan fingerprint density at radius 1 is 0.889 bits per heavy atom. The molecule has 3 atom stereocenters. The van der Waals surface area contributed by atoms with Crippen LogP contribution in [0.2, 0.25) is 0 Å². The van der Waals surface area contributed by atoms with E-state index in [-0.39, 0.29) is 18.6 Å². The number of hydrogen-bond acceptors (Lipinski definition) is 7. The van der Waals surface area contributed by atoms with Crippen molar-refractivity contribution >= 4 is 0 Å². The molecule has 144 valence electrons. The van der Waals surface area contributed by atoms with E-state index in [1.165, 1.54) is 0 Å². The molecule has 0 unspecified atom stereocenters. The molecule has 0 saturated heterocycles. The monoisotopic (exact) mass is 374 g/mol. The van der Waals surface area contributed by atoms with Gasteiger partial charge in [-0.25, -0.2) is 0 Å². The second-order valence-electron chi connectivity index (χ2n) is 6.55. The van der Waals surface area contributed by atoms with Gasteiger partial charge >= 0.3 is 0 Å². The quantitative estimate of drug-likeness (QED) is 0.882. The van der Waals surface area contributed by atoms with Crippen molar-refractivity contribution in [1.29, 1.82) is 0 Å². The highest BCUT2D eigenvalue weighted by atomic mass is 16.7. The maximum atomic E-state index is 10.5. The molecule has 1 N–H and O–H groups in total. The first-order chi connectivity index (χ1) is 13.1. The molecular formula is C20H22O7. The standard InChI is InChI=1S/C20H22O7/c1-10-18(11-5-16(22-2)19(24-4)17(6-11)23-3)12-7-14-15(26-9-25-14)8-13(12)27-20(10)21/h5-8,10,18,20-21H,9H2,1-4H3/t10-,18+,20-/m1/s1. The van der Waals surface area contributed by atoms with Crippen molar-refractivity contribution in [3.63, 3.8) is 0 Å². The highest BCUT2D eigenvalue weighted by Crippen LogP contribution is 2.51. The lowest BCUT2D eigenvalue weighted by Crippen LogP contribution is -2.34. The van der Waals surface area contributed by atoms with Gasteiger partial charge in [0.25, 0.3) is 0 Å². The summed E-state index contributed by atoms with van der Waals surface area (Å²) in [5.41, 5.74) is 1.82. The summed E-state index contributed by atoms with van der Waals surface area (Å²) in [6, 6.07) is 7.47. The molecule has 2 aromatic carbocycles. The lowest BCUT2D eigenvalue weighted by atomic mass is 9.79. The molecule has 2 aromatic rings. The first-order valence-electron chi connectivity index (χ1n) is 8.65. The van der Waals surface area contributed by atoms with Gasteiger partial charge in [-0.15, -0.1) is 0 Å². The lowest BCUT2D eigenvalue weighted by Gasteiger charge is -2.36. The third-order valence-electron chi connectivity index (χ3n) is 5.11. The fraction of sp³-hybridized carbons (Fsp3) is 0.400. The summed E-state index contributed by atoms with van der Waals surface area (Å²) in [5.74, 6) is 3.12. The first kappa shape index (κ1) is 17.6. The van der Waals surface area contributed by atoms with Gasteiger partial charge in [-0.1, -0.05) is 6.92 Å². The van der Waals surface area contributed by atoms with Gasteiger partial charge in [-0.2, -0.15) is 0 Å². The minimum absolute atomic E-state index is 0.160. The van der Waals surface area contributed by atoms with Crippen LogP contribution in [0.25, 0.3) is 0 Å². The molecule has 0 saturated carbocycles. The Morgan fingerprint density at radius 3 is 2.11 bits per heavy atom. The van der Waals surface area contributed by atoms with E-state index in [1.54, 1.807) is 27.4 Å². The Bertz CT molecular complexity index is 839. The second-order valence-corrected chi connectivity index (χ2v) is 6.55. The molecule has 0 bridgehead atoms. The molecule has 2 aliphatic heterocycles. The molecular weight excluding hydrogens is 352 g/mol. The summed E-state index contributed by atoms with van der Waals surface area (Å²) in [5, 5.41) is 10.5. The summed E-state index contributed by atoms with van der Waals surface area (Å²) in [7, 11) is 4.72. The largest absolute Gasteiger partial charge is 0.493 e. The van der Waals surface area contributed by atoms with Gasteiger partial charge in [0, 0.05) is 23.5 Å². The Labute approximate surface area is 157 Å². The third kappa shape index (κ3) is 2.78. The van der Waals surface area contributed by atoms with Gasteiger partial charge in [0.2, 0.25) is 18.8 Å². The average Bonchev–Trinajstić information content (AvgIpc) is 3.13. The van der Waals surface area contributed by atoms with Crippen molar-refractivity contribution in [2.45, 2.75) is 19.1 Å². The van der Waals surface area contributed by atoms with E-state index in [0.717, 1.165) is 11.1 Å². The summed E-state index contributed by atoms with van der Waals surface area (Å²) in [4.78, 5) is 0. The zero-order valence-corrected chi connectivity index (χ0v) is 15.6. The maximum absolute atomic E-state index is 10.5. The predicted octanol–water partition coefficient (Wildman–Crippen LogP) is 2.92. The van der Waals surface area contributed by atoms with Crippen LogP contribution < -0.4 is 28.4 Å². The Balaban J connectivity index is 1.88. The molecule has 4 rings (SSSR count). The number of aliphatic hydroxyl groups is 1. The Kier molecular flexibility index (Phi) is 4.39. The lowest BCUT2D eigenvalue weighted by molar-refractivity contribution is -0.0729. The summed E-state index contributed by atoms with van der Waals surface area (Å²) in [6.07, 6.45) is -0.957. The van der Waals surface area contributed by atoms with Crippen LogP contribution in [0.15, 0.2) is 24.3 Å². The topological polar surface area (TPSA) is 75.6 Å². The third-order valence-corrected chi connectivity index (χ3v) is 5.11. The van der Waals surface area contributed by atoms with Crippen LogP contribution in [0.4, 0.5) is 0 Å². The van der Waals surface area contributed by atoms with E-state index < -0.39 is 6.29 Å². The summed E-state index contributed by atoms with van der Waals surface area (Å²) in [6.45, 7) is 2.11. The smallest absolute Gasteiger partial charge is 0.231 e. The number of fused-ring (bicyclic) bond motifs is 2. The van der Waals surface area contributed by atoms with Crippen LogP contribution in [-0.2, 0) is 0 Å². The van der Waals surface area contributed by atoms with Crippen molar-refractivity contribution < 1.29 is 33.5 Å². The van der Waals surface area contributed by atoms with Crippen molar-refractivity contribution in [3.05, 3.63) is 35.4 Å². The molecule has 0 fully saturated rings. The molecule has 0 aliphatic carbocycles. The van der Waals surface area contributed by atoms with E-state index in [0.29, 0.717) is 34.5 Å². The minimum atomic E-state index is -0.957. The van der Waals surface area contributed by atoms with Crippen LogP contribution >= 0.6 is 0 Å².